The molecule has 7 heteroatoms. The minimum atomic E-state index is -1.39. The topological polar surface area (TPSA) is 93.3 Å². The number of nitro groups is 1. The van der Waals surface area contributed by atoms with Crippen LogP contribution in [0.3, 0.4) is 0 Å². The van der Waals surface area contributed by atoms with Gasteiger partial charge in [-0.2, -0.15) is 4.39 Å². The van der Waals surface area contributed by atoms with Gasteiger partial charge in [0.1, 0.15) is 0 Å². The van der Waals surface area contributed by atoms with Crippen LogP contribution >= 0.6 is 0 Å². The van der Waals surface area contributed by atoms with Crippen molar-refractivity contribution >= 4 is 11.7 Å². The Kier molecular flexibility index (Phi) is 2.18. The normalized spacial score (nSPS) is 9.62. The molecule has 0 saturated carbocycles. The van der Waals surface area contributed by atoms with E-state index in [0.717, 1.165) is 0 Å². The minimum absolute atomic E-state index is 0.423. The molecule has 0 radical (unpaired) electrons. The van der Waals surface area contributed by atoms with Crippen molar-refractivity contribution in [2.75, 3.05) is 0 Å². The Labute approximate surface area is 70.8 Å². The van der Waals surface area contributed by atoms with Crippen molar-refractivity contribution in [3.05, 3.63) is 33.9 Å². The van der Waals surface area contributed by atoms with E-state index in [-0.39, 0.29) is 0 Å². The van der Waals surface area contributed by atoms with E-state index in [2.05, 4.69) is 4.98 Å². The Bertz CT molecular complexity index is 379. The van der Waals surface area contributed by atoms with Crippen LogP contribution in [0.25, 0.3) is 0 Å². The van der Waals surface area contributed by atoms with Crippen LogP contribution in [0, 0.1) is 16.1 Å². The summed E-state index contributed by atoms with van der Waals surface area (Å²) in [4.78, 5) is 22.3. The summed E-state index contributed by atoms with van der Waals surface area (Å²) in [6.45, 7) is 0. The van der Waals surface area contributed by atoms with E-state index >= 15 is 0 Å². The van der Waals surface area contributed by atoms with Gasteiger partial charge in [-0.05, 0) is 0 Å². The first-order chi connectivity index (χ1) is 6.02. The van der Waals surface area contributed by atoms with Crippen LogP contribution in [0.5, 0.6) is 0 Å². The van der Waals surface area contributed by atoms with Gasteiger partial charge in [-0.1, -0.05) is 0 Å². The molecule has 1 N–H and O–H groups in total. The number of hydrogen-bond donors (Lipinski definition) is 1. The molecule has 0 spiro atoms. The first-order valence-corrected chi connectivity index (χ1v) is 3.05. The summed E-state index contributed by atoms with van der Waals surface area (Å²) in [6.07, 6.45) is 0.713. The molecule has 0 aromatic carbocycles. The fourth-order valence-corrected chi connectivity index (χ4v) is 0.681. The van der Waals surface area contributed by atoms with Crippen LogP contribution in [-0.2, 0) is 0 Å². The first-order valence-electron chi connectivity index (χ1n) is 3.05. The van der Waals surface area contributed by atoms with E-state index in [1.165, 1.54) is 0 Å². The smallest absolute Gasteiger partial charge is 0.337 e. The van der Waals surface area contributed by atoms with Crippen LogP contribution < -0.4 is 0 Å². The minimum Gasteiger partial charge on any atom is -0.478 e. The molecule has 0 aliphatic carbocycles. The highest BCUT2D eigenvalue weighted by atomic mass is 19.1. The van der Waals surface area contributed by atoms with E-state index in [9.17, 15) is 19.3 Å². The zero-order valence-corrected chi connectivity index (χ0v) is 6.10. The molecule has 1 aromatic rings. The van der Waals surface area contributed by atoms with E-state index in [1.807, 2.05) is 0 Å². The molecule has 68 valence electrons. The standard InChI is InChI=1S/C6H3FN2O4/c7-5-4(9(12)13)1-3(2-8-5)6(10)11/h1-2H,(H,10,11). The molecule has 0 amide bonds. The highest BCUT2D eigenvalue weighted by molar-refractivity contribution is 5.87. The van der Waals surface area contributed by atoms with Crippen molar-refractivity contribution in [1.29, 1.82) is 0 Å². The van der Waals surface area contributed by atoms with Gasteiger partial charge >= 0.3 is 11.7 Å². The number of carboxylic acid groups (broad SMARTS) is 1. The molecule has 1 rings (SSSR count). The van der Waals surface area contributed by atoms with Crippen LogP contribution in [-0.4, -0.2) is 21.0 Å². The number of aromatic carboxylic acids is 1. The van der Waals surface area contributed by atoms with Gasteiger partial charge in [-0.25, -0.2) is 9.78 Å². The number of rotatable bonds is 2. The number of pyridine rings is 1. The predicted octanol–water partition coefficient (Wildman–Crippen LogP) is 0.827. The summed E-state index contributed by atoms with van der Waals surface area (Å²) in [6, 6.07) is 0.616. The molecular weight excluding hydrogens is 183 g/mol. The largest absolute Gasteiger partial charge is 0.478 e. The average molecular weight is 186 g/mol. The summed E-state index contributed by atoms with van der Waals surface area (Å²) in [5.74, 6) is -2.69. The summed E-state index contributed by atoms with van der Waals surface area (Å²) in [5, 5.41) is 18.5. The van der Waals surface area contributed by atoms with E-state index in [0.29, 0.717) is 12.3 Å². The number of aromatic nitrogens is 1. The second-order valence-corrected chi connectivity index (χ2v) is 2.10. The van der Waals surface area contributed by atoms with Crippen LogP contribution in [0.15, 0.2) is 12.3 Å². The SMILES string of the molecule is O=C(O)c1cnc(F)c([N+](=O)[O-])c1. The summed E-state index contributed by atoms with van der Waals surface area (Å²) < 4.78 is 12.5. The molecule has 0 atom stereocenters. The number of carbonyl (C=O) groups is 1. The molecule has 1 aromatic heterocycles. The summed E-state index contributed by atoms with van der Waals surface area (Å²) in [7, 11) is 0. The highest BCUT2D eigenvalue weighted by Gasteiger charge is 2.18. The van der Waals surface area contributed by atoms with Crippen LogP contribution in [0.2, 0.25) is 0 Å². The van der Waals surface area contributed by atoms with Gasteiger partial charge in [0, 0.05) is 12.3 Å². The van der Waals surface area contributed by atoms with Gasteiger partial charge in [0.25, 0.3) is 5.95 Å². The lowest BCUT2D eigenvalue weighted by Crippen LogP contribution is -2.02. The fraction of sp³-hybridized carbons (Fsp3) is 0. The van der Waals surface area contributed by atoms with E-state index in [4.69, 9.17) is 5.11 Å². The quantitative estimate of drug-likeness (QED) is 0.419. The van der Waals surface area contributed by atoms with Crippen molar-refractivity contribution in [1.82, 2.24) is 4.98 Å². The number of halogens is 1. The maximum absolute atomic E-state index is 12.5. The Morgan fingerprint density at radius 3 is 2.77 bits per heavy atom. The molecule has 13 heavy (non-hydrogen) atoms. The predicted molar refractivity (Wildman–Crippen MR) is 37.8 cm³/mol. The number of carboxylic acids is 1. The lowest BCUT2D eigenvalue weighted by Gasteiger charge is -1.94. The zero-order valence-electron chi connectivity index (χ0n) is 6.10. The third-order valence-electron chi connectivity index (χ3n) is 1.26. The second-order valence-electron chi connectivity index (χ2n) is 2.10. The molecular formula is C6H3FN2O4. The van der Waals surface area contributed by atoms with Gasteiger partial charge in [-0.15, -0.1) is 0 Å². The molecule has 0 aliphatic rings. The highest BCUT2D eigenvalue weighted by Crippen LogP contribution is 2.15. The van der Waals surface area contributed by atoms with Gasteiger partial charge < -0.3 is 5.11 Å². The lowest BCUT2D eigenvalue weighted by atomic mass is 10.3. The molecule has 0 saturated heterocycles. The lowest BCUT2D eigenvalue weighted by molar-refractivity contribution is -0.388. The van der Waals surface area contributed by atoms with E-state index in [1.54, 1.807) is 0 Å². The van der Waals surface area contributed by atoms with Gasteiger partial charge in [0.2, 0.25) is 0 Å². The molecule has 1 heterocycles. The maximum atomic E-state index is 12.5. The third kappa shape index (κ3) is 1.75. The third-order valence-corrected chi connectivity index (χ3v) is 1.26. The Morgan fingerprint density at radius 2 is 2.31 bits per heavy atom. The summed E-state index contributed by atoms with van der Waals surface area (Å²) >= 11 is 0. The molecule has 0 bridgehead atoms. The Morgan fingerprint density at radius 1 is 1.69 bits per heavy atom. The van der Waals surface area contributed by atoms with Crippen molar-refractivity contribution in [2.24, 2.45) is 0 Å². The van der Waals surface area contributed by atoms with Crippen molar-refractivity contribution in [2.45, 2.75) is 0 Å². The molecule has 0 fully saturated rings. The van der Waals surface area contributed by atoms with Gasteiger partial charge in [-0.3, -0.25) is 10.1 Å². The van der Waals surface area contributed by atoms with Crippen molar-refractivity contribution < 1.29 is 19.2 Å². The molecule has 0 aliphatic heterocycles. The van der Waals surface area contributed by atoms with Crippen molar-refractivity contribution in [3.63, 3.8) is 0 Å². The van der Waals surface area contributed by atoms with E-state index < -0.39 is 28.1 Å². The van der Waals surface area contributed by atoms with Crippen LogP contribution in [0.4, 0.5) is 10.1 Å². The number of nitrogens with zero attached hydrogens (tertiary/aromatic N) is 2. The van der Waals surface area contributed by atoms with Gasteiger partial charge in [0.05, 0.1) is 10.5 Å². The molecule has 6 nitrogen and oxygen atoms in total. The fourth-order valence-electron chi connectivity index (χ4n) is 0.681. The first kappa shape index (κ1) is 9.04. The van der Waals surface area contributed by atoms with Crippen LogP contribution in [0.1, 0.15) is 10.4 Å². The van der Waals surface area contributed by atoms with Crippen molar-refractivity contribution in [3.8, 4) is 0 Å². The Hall–Kier alpha value is -2.05. The number of hydrogen-bond acceptors (Lipinski definition) is 4. The monoisotopic (exact) mass is 186 g/mol. The molecule has 0 unspecified atom stereocenters. The maximum Gasteiger partial charge on any atom is 0.337 e. The summed E-state index contributed by atoms with van der Waals surface area (Å²) in [5.41, 5.74) is -1.37. The zero-order chi connectivity index (χ0) is 10.0. The second kappa shape index (κ2) is 3.13. The van der Waals surface area contributed by atoms with Gasteiger partial charge in [0.15, 0.2) is 0 Å². The average Bonchev–Trinajstić information content (AvgIpc) is 2.04. The Balaban J connectivity index is 3.27.